The highest BCUT2D eigenvalue weighted by Gasteiger charge is 2.22. The maximum absolute atomic E-state index is 13.2. The number of likely N-dealkylation sites (tertiary alicyclic amines) is 1. The molecule has 170 valence electrons. The number of amides is 2. The zero-order valence-electron chi connectivity index (χ0n) is 18.4. The number of ether oxygens (including phenoxy) is 1. The maximum Gasteiger partial charge on any atom is 0.259 e. The van der Waals surface area contributed by atoms with E-state index in [0.717, 1.165) is 43.2 Å². The van der Waals surface area contributed by atoms with E-state index in [4.69, 9.17) is 4.74 Å². The fourth-order valence-corrected chi connectivity index (χ4v) is 4.33. The van der Waals surface area contributed by atoms with Crippen molar-refractivity contribution < 1.29 is 14.3 Å². The third-order valence-corrected chi connectivity index (χ3v) is 6.22. The van der Waals surface area contributed by atoms with Gasteiger partial charge in [0.2, 0.25) is 0 Å². The highest BCUT2D eigenvalue weighted by Crippen LogP contribution is 2.26. The molecule has 3 aromatic carbocycles. The Hall–Kier alpha value is -3.12. The minimum absolute atomic E-state index is 0.0424. The highest BCUT2D eigenvalue weighted by molar-refractivity contribution is 9.10. The van der Waals surface area contributed by atoms with Crippen molar-refractivity contribution in [3.63, 3.8) is 0 Å². The summed E-state index contributed by atoms with van der Waals surface area (Å²) >= 11 is 3.45. The van der Waals surface area contributed by atoms with Crippen LogP contribution >= 0.6 is 15.9 Å². The van der Waals surface area contributed by atoms with Crippen LogP contribution in [0.3, 0.4) is 0 Å². The number of hydrogen-bond donors (Lipinski definition) is 1. The molecule has 0 aliphatic carbocycles. The second kappa shape index (κ2) is 11.1. The van der Waals surface area contributed by atoms with Gasteiger partial charge in [-0.2, -0.15) is 0 Å². The first-order valence-corrected chi connectivity index (χ1v) is 12.1. The highest BCUT2D eigenvalue weighted by atomic mass is 79.9. The van der Waals surface area contributed by atoms with Crippen LogP contribution in [0.25, 0.3) is 0 Å². The third-order valence-electron chi connectivity index (χ3n) is 5.73. The number of carbonyl (C=O) groups is 2. The molecule has 0 aromatic heterocycles. The van der Waals surface area contributed by atoms with E-state index in [1.807, 2.05) is 41.3 Å². The summed E-state index contributed by atoms with van der Waals surface area (Å²) in [5.41, 5.74) is 2.60. The van der Waals surface area contributed by atoms with Gasteiger partial charge in [0, 0.05) is 24.0 Å². The number of para-hydroxylation sites is 1. The van der Waals surface area contributed by atoms with Crippen LogP contribution in [-0.2, 0) is 6.42 Å². The third kappa shape index (κ3) is 6.02. The number of halogens is 1. The van der Waals surface area contributed by atoms with Crippen LogP contribution < -0.4 is 10.1 Å². The molecule has 0 saturated carbocycles. The van der Waals surface area contributed by atoms with Gasteiger partial charge >= 0.3 is 0 Å². The van der Waals surface area contributed by atoms with Crippen molar-refractivity contribution in [1.82, 2.24) is 4.90 Å². The molecular formula is C27H27BrN2O3. The summed E-state index contributed by atoms with van der Waals surface area (Å²) in [4.78, 5) is 28.2. The van der Waals surface area contributed by atoms with E-state index in [2.05, 4.69) is 33.4 Å². The Morgan fingerprint density at radius 2 is 1.61 bits per heavy atom. The van der Waals surface area contributed by atoms with Crippen LogP contribution in [0.15, 0.2) is 77.3 Å². The Bertz CT molecular complexity index is 1110. The van der Waals surface area contributed by atoms with E-state index in [9.17, 15) is 9.59 Å². The van der Waals surface area contributed by atoms with E-state index >= 15 is 0 Å². The molecule has 1 aliphatic rings. The molecule has 1 aliphatic heterocycles. The van der Waals surface area contributed by atoms with Crippen molar-refractivity contribution in [3.05, 3.63) is 94.0 Å². The Kier molecular flexibility index (Phi) is 7.79. The Balaban J connectivity index is 1.49. The van der Waals surface area contributed by atoms with Crippen molar-refractivity contribution in [1.29, 1.82) is 0 Å². The molecule has 0 radical (unpaired) electrons. The molecule has 1 heterocycles. The predicted molar refractivity (Wildman–Crippen MR) is 134 cm³/mol. The number of carbonyl (C=O) groups excluding carboxylic acids is 2. The number of piperidine rings is 1. The van der Waals surface area contributed by atoms with Crippen molar-refractivity contribution in [2.75, 3.05) is 25.0 Å². The number of hydrogen-bond acceptors (Lipinski definition) is 3. The lowest BCUT2D eigenvalue weighted by Crippen LogP contribution is -2.36. The first kappa shape index (κ1) is 23.1. The molecule has 33 heavy (non-hydrogen) atoms. The van der Waals surface area contributed by atoms with Gasteiger partial charge in [0.1, 0.15) is 5.75 Å². The number of nitrogens with zero attached hydrogens (tertiary/aromatic N) is 1. The minimum Gasteiger partial charge on any atom is -0.492 e. The molecule has 6 heteroatoms. The summed E-state index contributed by atoms with van der Waals surface area (Å²) in [6.07, 6.45) is 3.92. The van der Waals surface area contributed by atoms with Gasteiger partial charge in [0.05, 0.1) is 23.4 Å². The molecule has 5 nitrogen and oxygen atoms in total. The van der Waals surface area contributed by atoms with Crippen molar-refractivity contribution in [2.45, 2.75) is 25.7 Å². The van der Waals surface area contributed by atoms with Gasteiger partial charge in [-0.3, -0.25) is 9.59 Å². The molecule has 1 fully saturated rings. The van der Waals surface area contributed by atoms with E-state index in [1.165, 1.54) is 5.56 Å². The summed E-state index contributed by atoms with van der Waals surface area (Å²) < 4.78 is 6.75. The monoisotopic (exact) mass is 506 g/mol. The SMILES string of the molecule is O=C(Nc1ccccc1C(=O)N1CCCCC1)c1cc(Br)ccc1OCCc1ccccc1. The van der Waals surface area contributed by atoms with E-state index in [-0.39, 0.29) is 11.8 Å². The fraction of sp³-hybridized carbons (Fsp3) is 0.259. The summed E-state index contributed by atoms with van der Waals surface area (Å²) in [5.74, 6) is 0.149. The van der Waals surface area contributed by atoms with Crippen molar-refractivity contribution >= 4 is 33.4 Å². The molecule has 1 N–H and O–H groups in total. The molecule has 0 atom stereocenters. The quantitative estimate of drug-likeness (QED) is 0.430. The summed E-state index contributed by atoms with van der Waals surface area (Å²) in [7, 11) is 0. The van der Waals surface area contributed by atoms with Gasteiger partial charge in [0.25, 0.3) is 11.8 Å². The second-order valence-corrected chi connectivity index (χ2v) is 8.99. The fourth-order valence-electron chi connectivity index (χ4n) is 3.96. The summed E-state index contributed by atoms with van der Waals surface area (Å²) in [5, 5.41) is 2.94. The van der Waals surface area contributed by atoms with Crippen molar-refractivity contribution in [3.8, 4) is 5.75 Å². The molecule has 4 rings (SSSR count). The van der Waals surface area contributed by atoms with Gasteiger partial charge in [-0.15, -0.1) is 0 Å². The van der Waals surface area contributed by atoms with Gasteiger partial charge in [-0.05, 0) is 55.2 Å². The number of anilines is 1. The smallest absolute Gasteiger partial charge is 0.259 e. The average molecular weight is 507 g/mol. The van der Waals surface area contributed by atoms with Gasteiger partial charge < -0.3 is 15.0 Å². The lowest BCUT2D eigenvalue weighted by Gasteiger charge is -2.27. The standard InChI is InChI=1S/C27H27BrN2O3/c28-21-13-14-25(33-18-15-20-9-3-1-4-10-20)23(19-21)26(31)29-24-12-6-5-11-22(24)27(32)30-16-7-2-8-17-30/h1,3-6,9-14,19H,2,7-8,15-18H2,(H,29,31). The normalized spacial score (nSPS) is 13.4. The second-order valence-electron chi connectivity index (χ2n) is 8.08. The van der Waals surface area contributed by atoms with Crippen LogP contribution in [0.2, 0.25) is 0 Å². The van der Waals surface area contributed by atoms with Crippen LogP contribution in [-0.4, -0.2) is 36.4 Å². The van der Waals surface area contributed by atoms with Crippen LogP contribution in [0, 0.1) is 0 Å². The van der Waals surface area contributed by atoms with Gasteiger partial charge in [-0.25, -0.2) is 0 Å². The Labute approximate surface area is 202 Å². The molecule has 0 unspecified atom stereocenters. The Morgan fingerprint density at radius 3 is 2.39 bits per heavy atom. The largest absolute Gasteiger partial charge is 0.492 e. The topological polar surface area (TPSA) is 58.6 Å². The lowest BCUT2D eigenvalue weighted by atomic mass is 10.1. The lowest BCUT2D eigenvalue weighted by molar-refractivity contribution is 0.0725. The average Bonchev–Trinajstić information content (AvgIpc) is 2.86. The number of nitrogens with one attached hydrogen (secondary N) is 1. The summed E-state index contributed by atoms with van der Waals surface area (Å²) in [6, 6.07) is 22.6. The van der Waals surface area contributed by atoms with Gasteiger partial charge in [-0.1, -0.05) is 58.4 Å². The van der Waals surface area contributed by atoms with Gasteiger partial charge in [0.15, 0.2) is 0 Å². The predicted octanol–water partition coefficient (Wildman–Crippen LogP) is 5.95. The first-order valence-electron chi connectivity index (χ1n) is 11.3. The van der Waals surface area contributed by atoms with Crippen LogP contribution in [0.5, 0.6) is 5.75 Å². The number of rotatable bonds is 7. The molecule has 3 aromatic rings. The van der Waals surface area contributed by atoms with Crippen LogP contribution in [0.1, 0.15) is 45.5 Å². The summed E-state index contributed by atoms with van der Waals surface area (Å²) in [6.45, 7) is 1.97. The molecule has 0 spiro atoms. The minimum atomic E-state index is -0.315. The molecule has 2 amide bonds. The Morgan fingerprint density at radius 1 is 0.879 bits per heavy atom. The molecule has 1 saturated heterocycles. The van der Waals surface area contributed by atoms with E-state index < -0.39 is 0 Å². The van der Waals surface area contributed by atoms with E-state index in [0.29, 0.717) is 29.2 Å². The molecular weight excluding hydrogens is 480 g/mol. The first-order chi connectivity index (χ1) is 16.1. The number of benzene rings is 3. The van der Waals surface area contributed by atoms with E-state index in [1.54, 1.807) is 24.3 Å². The zero-order valence-corrected chi connectivity index (χ0v) is 20.0. The van der Waals surface area contributed by atoms with Crippen molar-refractivity contribution in [2.24, 2.45) is 0 Å². The zero-order chi connectivity index (χ0) is 23.0. The molecule has 0 bridgehead atoms. The van der Waals surface area contributed by atoms with Crippen LogP contribution in [0.4, 0.5) is 5.69 Å². The maximum atomic E-state index is 13.2.